The summed E-state index contributed by atoms with van der Waals surface area (Å²) in [4.78, 5) is 50.7. The Labute approximate surface area is 327 Å². The zero-order valence-corrected chi connectivity index (χ0v) is 35.7. The molecule has 2 atom stereocenters. The van der Waals surface area contributed by atoms with Crippen LogP contribution in [0.1, 0.15) is 228 Å². The highest BCUT2D eigenvalue weighted by Gasteiger charge is 2.27. The molecule has 0 aliphatic heterocycles. The monoisotopic (exact) mass is 751 g/mol. The van der Waals surface area contributed by atoms with Gasteiger partial charge in [0.25, 0.3) is 0 Å². The van der Waals surface area contributed by atoms with Crippen LogP contribution < -0.4 is 10.6 Å². The van der Waals surface area contributed by atoms with E-state index in [-0.39, 0.29) is 36.9 Å². The average Bonchev–Trinajstić information content (AvgIpc) is 3.12. The molecule has 0 radical (unpaired) electrons. The summed E-state index contributed by atoms with van der Waals surface area (Å²) in [6.07, 6.45) is 33.8. The quantitative estimate of drug-likeness (QED) is 0.0480. The van der Waals surface area contributed by atoms with E-state index in [0.29, 0.717) is 19.3 Å². The lowest BCUT2D eigenvalue weighted by atomic mass is 10.0. The minimum absolute atomic E-state index is 0.0851. The molecule has 0 saturated carbocycles. The molecule has 0 heterocycles. The van der Waals surface area contributed by atoms with Crippen molar-refractivity contribution in [2.24, 2.45) is 11.8 Å². The Bertz CT molecular complexity index is 822. The first-order valence-electron chi connectivity index (χ1n) is 22.6. The van der Waals surface area contributed by atoms with Crippen molar-refractivity contribution >= 4 is 23.8 Å². The number of carbonyl (C=O) groups is 4. The summed E-state index contributed by atoms with van der Waals surface area (Å²) in [6.45, 7) is 12.2. The summed E-state index contributed by atoms with van der Waals surface area (Å²) in [5.74, 6) is -1.38. The van der Waals surface area contributed by atoms with E-state index in [2.05, 4.69) is 24.5 Å². The lowest BCUT2D eigenvalue weighted by Crippen LogP contribution is -2.45. The molecule has 0 bridgehead atoms. The zero-order valence-electron chi connectivity index (χ0n) is 35.7. The molecule has 8 nitrogen and oxygen atoms in total. The van der Waals surface area contributed by atoms with Crippen molar-refractivity contribution in [1.29, 1.82) is 0 Å². The number of esters is 2. The lowest BCUT2D eigenvalue weighted by molar-refractivity contribution is -0.152. The molecule has 0 spiro atoms. The lowest BCUT2D eigenvalue weighted by Gasteiger charge is -2.22. The highest BCUT2D eigenvalue weighted by atomic mass is 16.5. The Morgan fingerprint density at radius 3 is 0.868 bits per heavy atom. The van der Waals surface area contributed by atoms with Crippen LogP contribution in [0.4, 0.5) is 0 Å². The van der Waals surface area contributed by atoms with Crippen LogP contribution in [0.15, 0.2) is 0 Å². The van der Waals surface area contributed by atoms with Gasteiger partial charge in [-0.3, -0.25) is 9.59 Å². The SMILES string of the molecule is CCCCCCCCCCCCCCCC(=O)NC(C(=O)OCCCOC(=O)C(NC(=O)CCCCCCCCCCCCCCC)C(C)C)C(C)C. The van der Waals surface area contributed by atoms with Crippen molar-refractivity contribution in [3.05, 3.63) is 0 Å². The highest BCUT2D eigenvalue weighted by Crippen LogP contribution is 2.15. The van der Waals surface area contributed by atoms with Crippen LogP contribution in [-0.2, 0) is 28.7 Å². The molecule has 53 heavy (non-hydrogen) atoms. The first-order valence-corrected chi connectivity index (χ1v) is 22.6. The first-order chi connectivity index (χ1) is 25.6. The maximum atomic E-state index is 12.8. The number of unbranched alkanes of at least 4 members (excludes halogenated alkanes) is 24. The number of carbonyl (C=O) groups excluding carboxylic acids is 4. The Morgan fingerprint density at radius 1 is 0.377 bits per heavy atom. The summed E-state index contributed by atoms with van der Waals surface area (Å²) in [6, 6.07) is -1.41. The first kappa shape index (κ1) is 50.9. The van der Waals surface area contributed by atoms with Gasteiger partial charge in [0.05, 0.1) is 13.2 Å². The molecule has 0 aromatic heterocycles. The predicted octanol–water partition coefficient (Wildman–Crippen LogP) is 11.7. The summed E-state index contributed by atoms with van der Waals surface area (Å²) < 4.78 is 10.9. The van der Waals surface area contributed by atoms with E-state index in [1.165, 1.54) is 128 Å². The van der Waals surface area contributed by atoms with E-state index in [9.17, 15) is 19.2 Å². The number of amides is 2. The second kappa shape index (κ2) is 36.8. The fourth-order valence-electron chi connectivity index (χ4n) is 6.68. The summed E-state index contributed by atoms with van der Waals surface area (Å²) in [7, 11) is 0. The average molecular weight is 751 g/mol. The molecular formula is C45H86N2O6. The molecule has 2 unspecified atom stereocenters. The molecule has 312 valence electrons. The van der Waals surface area contributed by atoms with E-state index in [4.69, 9.17) is 9.47 Å². The van der Waals surface area contributed by atoms with Gasteiger partial charge < -0.3 is 20.1 Å². The van der Waals surface area contributed by atoms with Crippen molar-refractivity contribution in [3.8, 4) is 0 Å². The van der Waals surface area contributed by atoms with Crippen LogP contribution in [0.2, 0.25) is 0 Å². The number of nitrogens with one attached hydrogen (secondary N) is 2. The fourth-order valence-corrected chi connectivity index (χ4v) is 6.68. The number of rotatable bonds is 38. The third-order valence-corrected chi connectivity index (χ3v) is 10.3. The van der Waals surface area contributed by atoms with Gasteiger partial charge in [-0.15, -0.1) is 0 Å². The normalized spacial score (nSPS) is 12.5. The predicted molar refractivity (Wildman–Crippen MR) is 221 cm³/mol. The molecule has 0 aromatic rings. The van der Waals surface area contributed by atoms with Gasteiger partial charge in [-0.1, -0.05) is 196 Å². The molecule has 2 amide bonds. The minimum Gasteiger partial charge on any atom is -0.464 e. The Hall–Kier alpha value is -2.12. The second-order valence-corrected chi connectivity index (χ2v) is 16.3. The zero-order chi connectivity index (χ0) is 39.4. The van der Waals surface area contributed by atoms with Crippen molar-refractivity contribution in [3.63, 3.8) is 0 Å². The Balaban J connectivity index is 4.08. The molecule has 0 aromatic carbocycles. The van der Waals surface area contributed by atoms with Gasteiger partial charge in [0.15, 0.2) is 0 Å². The van der Waals surface area contributed by atoms with Gasteiger partial charge in [0, 0.05) is 19.3 Å². The molecule has 0 fully saturated rings. The van der Waals surface area contributed by atoms with Gasteiger partial charge in [-0.25, -0.2) is 9.59 Å². The van der Waals surface area contributed by atoms with Crippen LogP contribution in [0, 0.1) is 11.8 Å². The van der Waals surface area contributed by atoms with Crippen LogP contribution in [0.25, 0.3) is 0 Å². The fraction of sp³-hybridized carbons (Fsp3) is 0.911. The van der Waals surface area contributed by atoms with Crippen molar-refractivity contribution in [2.45, 2.75) is 240 Å². The standard InChI is InChI=1S/C45H86N2O6/c1-7-9-11-13-15-17-19-21-23-25-27-29-31-34-40(48)46-42(38(3)4)44(50)52-36-33-37-53-45(51)43(39(5)6)47-41(49)35-32-30-28-26-24-22-20-18-16-14-12-10-8-2/h38-39,42-43H,7-37H2,1-6H3,(H,46,48)(H,47,49). The second-order valence-electron chi connectivity index (χ2n) is 16.3. The minimum atomic E-state index is -0.706. The molecule has 0 aliphatic carbocycles. The third-order valence-electron chi connectivity index (χ3n) is 10.3. The largest absolute Gasteiger partial charge is 0.464 e. The van der Waals surface area contributed by atoms with Gasteiger partial charge in [-0.2, -0.15) is 0 Å². The van der Waals surface area contributed by atoms with E-state index in [1.807, 2.05) is 27.7 Å². The topological polar surface area (TPSA) is 111 Å². The molecule has 0 rings (SSSR count). The van der Waals surface area contributed by atoms with Crippen LogP contribution >= 0.6 is 0 Å². The van der Waals surface area contributed by atoms with Gasteiger partial charge in [-0.05, 0) is 24.7 Å². The number of hydrogen-bond donors (Lipinski definition) is 2. The molecular weight excluding hydrogens is 665 g/mol. The van der Waals surface area contributed by atoms with Crippen LogP contribution in [0.5, 0.6) is 0 Å². The van der Waals surface area contributed by atoms with E-state index in [1.54, 1.807) is 0 Å². The molecule has 8 heteroatoms. The summed E-state index contributed by atoms with van der Waals surface area (Å²) in [5.41, 5.74) is 0. The van der Waals surface area contributed by atoms with E-state index >= 15 is 0 Å². The smallest absolute Gasteiger partial charge is 0.328 e. The Morgan fingerprint density at radius 2 is 0.623 bits per heavy atom. The highest BCUT2D eigenvalue weighted by molar-refractivity contribution is 5.85. The van der Waals surface area contributed by atoms with Crippen molar-refractivity contribution in [1.82, 2.24) is 10.6 Å². The molecule has 0 saturated heterocycles. The van der Waals surface area contributed by atoms with Gasteiger partial charge >= 0.3 is 11.9 Å². The molecule has 0 aliphatic rings. The summed E-state index contributed by atoms with van der Waals surface area (Å²) in [5, 5.41) is 5.73. The number of ether oxygens (including phenoxy) is 2. The van der Waals surface area contributed by atoms with E-state index in [0.717, 1.165) is 38.5 Å². The maximum Gasteiger partial charge on any atom is 0.328 e. The molecule has 2 N–H and O–H groups in total. The van der Waals surface area contributed by atoms with E-state index < -0.39 is 24.0 Å². The summed E-state index contributed by atoms with van der Waals surface area (Å²) >= 11 is 0. The number of hydrogen-bond acceptors (Lipinski definition) is 6. The van der Waals surface area contributed by atoms with Crippen LogP contribution in [0.3, 0.4) is 0 Å². The maximum absolute atomic E-state index is 12.8. The van der Waals surface area contributed by atoms with Crippen molar-refractivity contribution < 1.29 is 28.7 Å². The third kappa shape index (κ3) is 31.9. The van der Waals surface area contributed by atoms with Gasteiger partial charge in [0.2, 0.25) is 11.8 Å². The van der Waals surface area contributed by atoms with Gasteiger partial charge in [0.1, 0.15) is 12.1 Å². The Kier molecular flexibility index (Phi) is 35.4. The van der Waals surface area contributed by atoms with Crippen LogP contribution in [-0.4, -0.2) is 49.1 Å². The van der Waals surface area contributed by atoms with Crippen molar-refractivity contribution in [2.75, 3.05) is 13.2 Å².